The van der Waals surface area contributed by atoms with Crippen LogP contribution in [-0.2, 0) is 4.74 Å². The molecule has 0 N–H and O–H groups in total. The Morgan fingerprint density at radius 2 is 2.04 bits per heavy atom. The molecule has 1 aliphatic heterocycles. The second kappa shape index (κ2) is 6.77. The van der Waals surface area contributed by atoms with Crippen molar-refractivity contribution in [3.8, 4) is 0 Å². The lowest BCUT2D eigenvalue weighted by Crippen LogP contribution is -2.40. The monoisotopic (exact) mass is 313 g/mol. The van der Waals surface area contributed by atoms with Gasteiger partial charge in [0.05, 0.1) is 6.54 Å². The van der Waals surface area contributed by atoms with E-state index in [1.165, 1.54) is 12.8 Å². The van der Waals surface area contributed by atoms with Crippen LogP contribution in [0.15, 0.2) is 42.5 Å². The smallest absolute Gasteiger partial charge is 0.410 e. The molecule has 1 aromatic rings. The number of cyclic esters (lactones) is 1. The van der Waals surface area contributed by atoms with Crippen molar-refractivity contribution in [3.63, 3.8) is 0 Å². The van der Waals surface area contributed by atoms with Crippen molar-refractivity contribution in [2.24, 2.45) is 11.3 Å². The van der Waals surface area contributed by atoms with Gasteiger partial charge in [-0.3, -0.25) is 0 Å². The summed E-state index contributed by atoms with van der Waals surface area (Å²) in [4.78, 5) is 14.3. The maximum absolute atomic E-state index is 12.3. The zero-order valence-corrected chi connectivity index (χ0v) is 14.2. The van der Waals surface area contributed by atoms with Crippen LogP contribution in [0.25, 0.3) is 0 Å². The Bertz CT molecular complexity index is 568. The van der Waals surface area contributed by atoms with Crippen molar-refractivity contribution in [2.45, 2.75) is 45.6 Å². The topological polar surface area (TPSA) is 29.5 Å². The number of benzene rings is 1. The normalized spacial score (nSPS) is 30.5. The lowest BCUT2D eigenvalue weighted by Gasteiger charge is -2.39. The first-order valence-corrected chi connectivity index (χ1v) is 8.83. The summed E-state index contributed by atoms with van der Waals surface area (Å²) in [6.45, 7) is 5.98. The standard InChI is InChI=1S/C20H27NO2/c1-3-16-9-8-12-20(4-2,13-16)15-21-14-18(23-19(21)22)17-10-6-5-7-11-17/h5-11,16,18H,3-4,12-15H2,1-2H3/t16?,18-,20?/m1/s1. The lowest BCUT2D eigenvalue weighted by atomic mass is 9.70. The van der Waals surface area contributed by atoms with E-state index in [0.717, 1.165) is 24.9 Å². The van der Waals surface area contributed by atoms with E-state index in [2.05, 4.69) is 26.0 Å². The Kier molecular flexibility index (Phi) is 4.74. The number of rotatable bonds is 5. The molecule has 1 amide bonds. The molecule has 3 heteroatoms. The fraction of sp³-hybridized carbons (Fsp3) is 0.550. The second-order valence-electron chi connectivity index (χ2n) is 7.02. The number of ether oxygens (including phenoxy) is 1. The summed E-state index contributed by atoms with van der Waals surface area (Å²) < 4.78 is 5.61. The third kappa shape index (κ3) is 3.44. The summed E-state index contributed by atoms with van der Waals surface area (Å²) in [5, 5.41) is 0. The van der Waals surface area contributed by atoms with Crippen LogP contribution in [0, 0.1) is 11.3 Å². The summed E-state index contributed by atoms with van der Waals surface area (Å²) in [5.74, 6) is 0.646. The molecule has 2 aliphatic rings. The van der Waals surface area contributed by atoms with Crippen molar-refractivity contribution in [3.05, 3.63) is 48.0 Å². The molecule has 124 valence electrons. The number of nitrogens with zero attached hydrogens (tertiary/aromatic N) is 1. The van der Waals surface area contributed by atoms with E-state index in [-0.39, 0.29) is 17.6 Å². The van der Waals surface area contributed by atoms with Crippen LogP contribution in [0.1, 0.15) is 51.2 Å². The molecule has 0 bridgehead atoms. The second-order valence-corrected chi connectivity index (χ2v) is 7.02. The summed E-state index contributed by atoms with van der Waals surface area (Å²) in [6.07, 6.45) is 8.91. The van der Waals surface area contributed by atoms with Crippen LogP contribution >= 0.6 is 0 Å². The molecule has 1 aliphatic carbocycles. The fourth-order valence-corrected chi connectivity index (χ4v) is 3.91. The van der Waals surface area contributed by atoms with Gasteiger partial charge in [0, 0.05) is 6.54 Å². The van der Waals surface area contributed by atoms with Gasteiger partial charge < -0.3 is 9.64 Å². The maximum atomic E-state index is 12.3. The average Bonchev–Trinajstić information content (AvgIpc) is 2.96. The molecule has 0 spiro atoms. The number of hydrogen-bond acceptors (Lipinski definition) is 2. The van der Waals surface area contributed by atoms with Crippen LogP contribution < -0.4 is 0 Å². The van der Waals surface area contributed by atoms with Gasteiger partial charge in [0.25, 0.3) is 0 Å². The van der Waals surface area contributed by atoms with Gasteiger partial charge in [0.2, 0.25) is 0 Å². The highest BCUT2D eigenvalue weighted by Gasteiger charge is 2.40. The zero-order chi connectivity index (χ0) is 16.3. The van der Waals surface area contributed by atoms with Crippen molar-refractivity contribution in [2.75, 3.05) is 13.1 Å². The Morgan fingerprint density at radius 1 is 1.26 bits per heavy atom. The molecule has 1 heterocycles. The molecule has 23 heavy (non-hydrogen) atoms. The SMILES string of the molecule is CCC1C=CCC(CC)(CN2C[C@H](c3ccccc3)OC2=O)C1. The van der Waals surface area contributed by atoms with E-state index >= 15 is 0 Å². The average molecular weight is 313 g/mol. The third-order valence-electron chi connectivity index (χ3n) is 5.51. The zero-order valence-electron chi connectivity index (χ0n) is 14.2. The van der Waals surface area contributed by atoms with Crippen molar-refractivity contribution < 1.29 is 9.53 Å². The molecule has 2 unspecified atom stereocenters. The van der Waals surface area contributed by atoms with Crippen LogP contribution in [0.4, 0.5) is 4.79 Å². The summed E-state index contributed by atoms with van der Waals surface area (Å²) in [7, 11) is 0. The van der Waals surface area contributed by atoms with Gasteiger partial charge in [-0.2, -0.15) is 0 Å². The van der Waals surface area contributed by atoms with E-state index in [9.17, 15) is 4.79 Å². The van der Waals surface area contributed by atoms with Crippen LogP contribution in [0.3, 0.4) is 0 Å². The molecule has 3 nitrogen and oxygen atoms in total. The molecule has 1 fully saturated rings. The Balaban J connectivity index is 1.70. The predicted molar refractivity (Wildman–Crippen MR) is 92.1 cm³/mol. The molecule has 3 rings (SSSR count). The van der Waals surface area contributed by atoms with Crippen LogP contribution in [-0.4, -0.2) is 24.1 Å². The van der Waals surface area contributed by atoms with Gasteiger partial charge in [-0.15, -0.1) is 0 Å². The van der Waals surface area contributed by atoms with Gasteiger partial charge in [0.15, 0.2) is 0 Å². The van der Waals surface area contributed by atoms with E-state index in [1.54, 1.807) is 0 Å². The maximum Gasteiger partial charge on any atom is 0.410 e. The molecular formula is C20H27NO2. The van der Waals surface area contributed by atoms with Gasteiger partial charge in [0.1, 0.15) is 6.10 Å². The molecule has 1 aromatic carbocycles. The summed E-state index contributed by atoms with van der Waals surface area (Å²) >= 11 is 0. The number of allylic oxidation sites excluding steroid dienone is 2. The molecular weight excluding hydrogens is 286 g/mol. The van der Waals surface area contributed by atoms with Crippen molar-refractivity contribution >= 4 is 6.09 Å². The van der Waals surface area contributed by atoms with Gasteiger partial charge in [-0.25, -0.2) is 4.79 Å². The molecule has 3 atom stereocenters. The quantitative estimate of drug-likeness (QED) is 0.720. The van der Waals surface area contributed by atoms with Gasteiger partial charge in [-0.1, -0.05) is 56.3 Å². The highest BCUT2D eigenvalue weighted by atomic mass is 16.6. The highest BCUT2D eigenvalue weighted by Crippen LogP contribution is 2.41. The number of carbonyl (C=O) groups excluding carboxylic acids is 1. The van der Waals surface area contributed by atoms with Gasteiger partial charge in [-0.05, 0) is 42.6 Å². The van der Waals surface area contributed by atoms with E-state index in [0.29, 0.717) is 12.5 Å². The minimum absolute atomic E-state index is 0.126. The minimum Gasteiger partial charge on any atom is -0.439 e. The molecule has 0 saturated carbocycles. The van der Waals surface area contributed by atoms with Crippen LogP contribution in [0.5, 0.6) is 0 Å². The first kappa shape index (κ1) is 16.1. The lowest BCUT2D eigenvalue weighted by molar-refractivity contribution is 0.114. The molecule has 0 aromatic heterocycles. The van der Waals surface area contributed by atoms with Crippen molar-refractivity contribution in [1.29, 1.82) is 0 Å². The largest absolute Gasteiger partial charge is 0.439 e. The number of carbonyl (C=O) groups is 1. The first-order chi connectivity index (χ1) is 11.2. The third-order valence-corrected chi connectivity index (χ3v) is 5.51. The number of amides is 1. The van der Waals surface area contributed by atoms with Crippen LogP contribution in [0.2, 0.25) is 0 Å². The summed E-state index contributed by atoms with van der Waals surface area (Å²) in [6, 6.07) is 10.1. The first-order valence-electron chi connectivity index (χ1n) is 8.83. The fourth-order valence-electron chi connectivity index (χ4n) is 3.91. The van der Waals surface area contributed by atoms with Gasteiger partial charge >= 0.3 is 6.09 Å². The Morgan fingerprint density at radius 3 is 2.74 bits per heavy atom. The van der Waals surface area contributed by atoms with E-state index in [1.807, 2.05) is 35.2 Å². The highest BCUT2D eigenvalue weighted by molar-refractivity contribution is 5.70. The summed E-state index contributed by atoms with van der Waals surface area (Å²) in [5.41, 5.74) is 1.30. The number of hydrogen-bond donors (Lipinski definition) is 0. The van der Waals surface area contributed by atoms with E-state index in [4.69, 9.17) is 4.74 Å². The predicted octanol–water partition coefficient (Wildman–Crippen LogP) is 4.95. The van der Waals surface area contributed by atoms with Crippen molar-refractivity contribution in [1.82, 2.24) is 4.90 Å². The molecule has 1 saturated heterocycles. The molecule has 0 radical (unpaired) electrons. The minimum atomic E-state index is -0.158. The van der Waals surface area contributed by atoms with E-state index < -0.39 is 0 Å². The Hall–Kier alpha value is -1.77. The Labute approximate surface area is 139 Å².